The lowest BCUT2D eigenvalue weighted by Gasteiger charge is -2.12. The summed E-state index contributed by atoms with van der Waals surface area (Å²) in [6, 6.07) is 5.83. The normalized spacial score (nSPS) is 15.2. The van der Waals surface area contributed by atoms with Crippen molar-refractivity contribution < 1.29 is 22.4 Å². The Hall–Kier alpha value is -1.69. The van der Waals surface area contributed by atoms with Gasteiger partial charge in [-0.1, -0.05) is 17.3 Å². The highest BCUT2D eigenvalue weighted by molar-refractivity contribution is 6.17. The molecule has 0 N–H and O–H groups in total. The Morgan fingerprint density at radius 2 is 2.00 bits per heavy atom. The van der Waals surface area contributed by atoms with E-state index < -0.39 is 6.36 Å². The summed E-state index contributed by atoms with van der Waals surface area (Å²) < 4.78 is 46.7. The monoisotopic (exact) mass is 317 g/mol. The Kier molecular flexibility index (Phi) is 3.57. The predicted molar refractivity (Wildman–Crippen MR) is 70.2 cm³/mol. The number of benzene rings is 1. The van der Waals surface area contributed by atoms with Gasteiger partial charge in [-0.15, -0.1) is 24.8 Å². The molecule has 1 aliphatic carbocycles. The van der Waals surface area contributed by atoms with Crippen LogP contribution in [0.5, 0.6) is 5.75 Å². The fourth-order valence-corrected chi connectivity index (χ4v) is 2.46. The third kappa shape index (κ3) is 3.00. The molecule has 112 valence electrons. The van der Waals surface area contributed by atoms with Crippen molar-refractivity contribution in [3.8, 4) is 17.0 Å². The summed E-state index contributed by atoms with van der Waals surface area (Å²) in [5.74, 6) is 0.759. The van der Waals surface area contributed by atoms with Crippen LogP contribution in [0.3, 0.4) is 0 Å². The van der Waals surface area contributed by atoms with E-state index in [1.165, 1.54) is 18.2 Å². The third-order valence-electron chi connectivity index (χ3n) is 3.27. The molecule has 1 fully saturated rings. The van der Waals surface area contributed by atoms with Gasteiger partial charge in [-0.3, -0.25) is 0 Å². The van der Waals surface area contributed by atoms with E-state index in [1.807, 2.05) is 0 Å². The van der Waals surface area contributed by atoms with Gasteiger partial charge in [-0.2, -0.15) is 0 Å². The van der Waals surface area contributed by atoms with Crippen LogP contribution in [-0.4, -0.2) is 11.5 Å². The number of ether oxygens (including phenoxy) is 1. The number of rotatable bonds is 4. The van der Waals surface area contributed by atoms with E-state index in [2.05, 4.69) is 9.89 Å². The lowest BCUT2D eigenvalue weighted by Crippen LogP contribution is -2.17. The summed E-state index contributed by atoms with van der Waals surface area (Å²) >= 11 is 5.92. The van der Waals surface area contributed by atoms with Crippen LogP contribution >= 0.6 is 11.6 Å². The first-order valence-electron chi connectivity index (χ1n) is 6.39. The van der Waals surface area contributed by atoms with E-state index in [-0.39, 0.29) is 23.1 Å². The Bertz CT molecular complexity index is 650. The van der Waals surface area contributed by atoms with Gasteiger partial charge in [-0.05, 0) is 25.0 Å². The van der Waals surface area contributed by atoms with Gasteiger partial charge in [-0.25, -0.2) is 0 Å². The predicted octanol–water partition coefficient (Wildman–Crippen LogP) is 4.86. The molecule has 0 radical (unpaired) electrons. The van der Waals surface area contributed by atoms with Crippen LogP contribution in [0.1, 0.15) is 30.1 Å². The maximum atomic E-state index is 12.5. The molecule has 0 atom stereocenters. The van der Waals surface area contributed by atoms with Gasteiger partial charge < -0.3 is 9.26 Å². The lowest BCUT2D eigenvalue weighted by atomic mass is 10.0. The Morgan fingerprint density at radius 1 is 1.29 bits per heavy atom. The van der Waals surface area contributed by atoms with Crippen LogP contribution in [-0.2, 0) is 5.88 Å². The second kappa shape index (κ2) is 5.26. The zero-order chi connectivity index (χ0) is 15.0. The molecule has 1 heterocycles. The molecule has 1 saturated carbocycles. The molecule has 0 amide bonds. The molecular formula is C14H11ClF3NO2. The van der Waals surface area contributed by atoms with Crippen molar-refractivity contribution in [3.63, 3.8) is 0 Å². The van der Waals surface area contributed by atoms with Gasteiger partial charge in [0.25, 0.3) is 0 Å². The number of hydrogen-bond donors (Lipinski definition) is 0. The molecule has 1 aromatic carbocycles. The molecule has 0 saturated heterocycles. The quantitative estimate of drug-likeness (QED) is 0.756. The van der Waals surface area contributed by atoms with Gasteiger partial charge in [0.2, 0.25) is 0 Å². The number of aromatic nitrogens is 1. The van der Waals surface area contributed by atoms with Crippen LogP contribution in [0.25, 0.3) is 11.3 Å². The molecule has 2 aromatic rings. The minimum atomic E-state index is -4.76. The van der Waals surface area contributed by atoms with E-state index in [9.17, 15) is 13.2 Å². The summed E-state index contributed by atoms with van der Waals surface area (Å²) in [6.45, 7) is 0. The van der Waals surface area contributed by atoms with Gasteiger partial charge in [0.15, 0.2) is 0 Å². The first-order chi connectivity index (χ1) is 9.99. The van der Waals surface area contributed by atoms with E-state index >= 15 is 0 Å². The largest absolute Gasteiger partial charge is 0.573 e. The first kappa shape index (κ1) is 14.3. The number of para-hydroxylation sites is 1. The van der Waals surface area contributed by atoms with Crippen molar-refractivity contribution >= 4 is 11.6 Å². The first-order valence-corrected chi connectivity index (χ1v) is 6.92. The van der Waals surface area contributed by atoms with Crippen molar-refractivity contribution in [3.05, 3.63) is 35.6 Å². The highest BCUT2D eigenvalue weighted by Gasteiger charge is 2.35. The van der Waals surface area contributed by atoms with E-state index in [4.69, 9.17) is 16.1 Å². The second-order valence-corrected chi connectivity index (χ2v) is 5.09. The summed E-state index contributed by atoms with van der Waals surface area (Å²) in [4.78, 5) is 0. The Morgan fingerprint density at radius 3 is 2.62 bits per heavy atom. The van der Waals surface area contributed by atoms with E-state index in [0.717, 1.165) is 12.8 Å². The molecule has 0 unspecified atom stereocenters. The minimum absolute atomic E-state index is 0.130. The topological polar surface area (TPSA) is 35.3 Å². The maximum Gasteiger partial charge on any atom is 0.573 e. The maximum absolute atomic E-state index is 12.5. The van der Waals surface area contributed by atoms with Gasteiger partial charge in [0.1, 0.15) is 17.2 Å². The Labute approximate surface area is 123 Å². The smallest absolute Gasteiger partial charge is 0.405 e. The van der Waals surface area contributed by atoms with Gasteiger partial charge in [0.05, 0.1) is 5.88 Å². The van der Waals surface area contributed by atoms with Crippen molar-refractivity contribution in [1.82, 2.24) is 5.16 Å². The average Bonchev–Trinajstić information content (AvgIpc) is 3.17. The van der Waals surface area contributed by atoms with Crippen molar-refractivity contribution in [2.24, 2.45) is 0 Å². The summed E-state index contributed by atoms with van der Waals surface area (Å²) in [5, 5.41) is 3.90. The Balaban J connectivity index is 2.04. The molecule has 0 aliphatic heterocycles. The number of nitrogens with zero attached hydrogens (tertiary/aromatic N) is 1. The summed E-state index contributed by atoms with van der Waals surface area (Å²) in [6.07, 6.45) is -2.79. The van der Waals surface area contributed by atoms with Crippen LogP contribution in [0, 0.1) is 0 Å². The van der Waals surface area contributed by atoms with Crippen LogP contribution in [0.4, 0.5) is 13.2 Å². The average molecular weight is 318 g/mol. The molecular weight excluding hydrogens is 307 g/mol. The molecule has 1 aromatic heterocycles. The molecule has 21 heavy (non-hydrogen) atoms. The molecule has 0 spiro atoms. The number of alkyl halides is 4. The van der Waals surface area contributed by atoms with E-state index in [1.54, 1.807) is 6.07 Å². The van der Waals surface area contributed by atoms with Gasteiger partial charge >= 0.3 is 6.36 Å². The highest BCUT2D eigenvalue weighted by Crippen LogP contribution is 2.45. The molecule has 7 heteroatoms. The molecule has 0 bridgehead atoms. The third-order valence-corrected chi connectivity index (χ3v) is 3.54. The highest BCUT2D eigenvalue weighted by atomic mass is 35.5. The van der Waals surface area contributed by atoms with Crippen LogP contribution in [0.15, 0.2) is 28.8 Å². The van der Waals surface area contributed by atoms with Gasteiger partial charge in [0, 0.05) is 17.0 Å². The second-order valence-electron chi connectivity index (χ2n) is 4.83. The van der Waals surface area contributed by atoms with E-state index in [0.29, 0.717) is 17.0 Å². The van der Waals surface area contributed by atoms with Crippen molar-refractivity contribution in [1.29, 1.82) is 0 Å². The molecule has 3 rings (SSSR count). The molecule has 3 nitrogen and oxygen atoms in total. The number of hydrogen-bond acceptors (Lipinski definition) is 3. The minimum Gasteiger partial charge on any atom is -0.405 e. The fraction of sp³-hybridized carbons (Fsp3) is 0.357. The van der Waals surface area contributed by atoms with Crippen LogP contribution in [0.2, 0.25) is 0 Å². The summed E-state index contributed by atoms with van der Waals surface area (Å²) in [5.41, 5.74) is 1.17. The van der Waals surface area contributed by atoms with Crippen molar-refractivity contribution in [2.75, 3.05) is 0 Å². The zero-order valence-corrected chi connectivity index (χ0v) is 11.5. The number of halogens is 4. The standard InChI is InChI=1S/C14H11ClF3NO2/c15-7-10-12(19-21-13(10)8-5-6-8)9-3-1-2-4-11(9)20-14(16,17)18/h1-4,8H,5-7H2. The molecule has 1 aliphatic rings. The lowest BCUT2D eigenvalue weighted by molar-refractivity contribution is -0.274. The van der Waals surface area contributed by atoms with Crippen LogP contribution < -0.4 is 4.74 Å². The summed E-state index contributed by atoms with van der Waals surface area (Å²) in [7, 11) is 0. The fourth-order valence-electron chi connectivity index (χ4n) is 2.20. The SMILES string of the molecule is FC(F)(F)Oc1ccccc1-c1noc(C2CC2)c1CCl. The zero-order valence-electron chi connectivity index (χ0n) is 10.8. The van der Waals surface area contributed by atoms with Crippen molar-refractivity contribution in [2.45, 2.75) is 31.0 Å².